The molecule has 2 N–H and O–H groups in total. The summed E-state index contributed by atoms with van der Waals surface area (Å²) in [7, 11) is 2.14. The number of hydrogen-bond acceptors (Lipinski definition) is 4. The normalized spacial score (nSPS) is 12.8. The summed E-state index contributed by atoms with van der Waals surface area (Å²) in [6.07, 6.45) is 2.94. The molecule has 1 aromatic heterocycles. The second-order valence-electron chi connectivity index (χ2n) is 4.49. The van der Waals surface area contributed by atoms with Crippen molar-refractivity contribution in [3.8, 4) is 0 Å². The van der Waals surface area contributed by atoms with Crippen LogP contribution in [0.1, 0.15) is 23.4 Å². The van der Waals surface area contributed by atoms with E-state index in [0.717, 1.165) is 13.0 Å². The molecular weight excluding hydrogens is 242 g/mol. The standard InChI is InChI=1S/C14H19N3S/c1-11(13-10-16-14(15)18-13)17(2)9-8-12-6-4-3-5-7-12/h3-7,10-11H,8-9H2,1-2H3,(H2,15,16). The van der Waals surface area contributed by atoms with Gasteiger partial charge in [-0.2, -0.15) is 0 Å². The van der Waals surface area contributed by atoms with Crippen molar-refractivity contribution in [3.05, 3.63) is 47.0 Å². The number of anilines is 1. The molecule has 0 radical (unpaired) electrons. The number of rotatable bonds is 5. The fraction of sp³-hybridized carbons (Fsp3) is 0.357. The molecule has 0 saturated carbocycles. The summed E-state index contributed by atoms with van der Waals surface area (Å²) in [6, 6.07) is 10.9. The van der Waals surface area contributed by atoms with Gasteiger partial charge < -0.3 is 5.73 Å². The first-order valence-corrected chi connectivity index (χ1v) is 6.94. The van der Waals surface area contributed by atoms with E-state index in [1.165, 1.54) is 10.4 Å². The molecule has 2 rings (SSSR count). The molecule has 1 heterocycles. The van der Waals surface area contributed by atoms with Gasteiger partial charge in [-0.25, -0.2) is 4.98 Å². The van der Waals surface area contributed by atoms with Crippen molar-refractivity contribution in [1.29, 1.82) is 0 Å². The van der Waals surface area contributed by atoms with Crippen LogP contribution in [0.5, 0.6) is 0 Å². The number of aromatic nitrogens is 1. The molecule has 0 fully saturated rings. The van der Waals surface area contributed by atoms with Gasteiger partial charge in [-0.3, -0.25) is 4.90 Å². The molecule has 3 nitrogen and oxygen atoms in total. The maximum atomic E-state index is 5.67. The highest BCUT2D eigenvalue weighted by Gasteiger charge is 2.13. The molecule has 0 spiro atoms. The van der Waals surface area contributed by atoms with Crippen molar-refractivity contribution in [3.63, 3.8) is 0 Å². The molecule has 0 bridgehead atoms. The largest absolute Gasteiger partial charge is 0.375 e. The Labute approximate surface area is 112 Å². The highest BCUT2D eigenvalue weighted by molar-refractivity contribution is 7.15. The third-order valence-corrected chi connectivity index (χ3v) is 4.21. The third-order valence-electron chi connectivity index (χ3n) is 3.21. The van der Waals surface area contributed by atoms with Crippen LogP contribution in [0.4, 0.5) is 5.13 Å². The molecule has 1 atom stereocenters. The minimum atomic E-state index is 0.364. The smallest absolute Gasteiger partial charge is 0.180 e. The topological polar surface area (TPSA) is 42.1 Å². The van der Waals surface area contributed by atoms with Crippen LogP contribution in [0.3, 0.4) is 0 Å². The number of thiazole rings is 1. The first-order valence-electron chi connectivity index (χ1n) is 6.12. The van der Waals surface area contributed by atoms with Gasteiger partial charge in [0.2, 0.25) is 0 Å². The molecule has 4 heteroatoms. The van der Waals surface area contributed by atoms with Crippen LogP contribution in [-0.4, -0.2) is 23.5 Å². The van der Waals surface area contributed by atoms with Crippen molar-refractivity contribution in [2.45, 2.75) is 19.4 Å². The molecular formula is C14H19N3S. The minimum Gasteiger partial charge on any atom is -0.375 e. The molecule has 18 heavy (non-hydrogen) atoms. The van der Waals surface area contributed by atoms with Crippen LogP contribution in [0.2, 0.25) is 0 Å². The van der Waals surface area contributed by atoms with E-state index in [-0.39, 0.29) is 0 Å². The van der Waals surface area contributed by atoms with Crippen LogP contribution in [-0.2, 0) is 6.42 Å². The Balaban J connectivity index is 1.90. The summed E-state index contributed by atoms with van der Waals surface area (Å²) in [5, 5.41) is 0.647. The van der Waals surface area contributed by atoms with Gasteiger partial charge >= 0.3 is 0 Å². The molecule has 1 aromatic carbocycles. The first kappa shape index (κ1) is 13.1. The Bertz CT molecular complexity index is 481. The fourth-order valence-electron chi connectivity index (χ4n) is 1.85. The molecule has 2 aromatic rings. The van der Waals surface area contributed by atoms with E-state index in [0.29, 0.717) is 11.2 Å². The molecule has 0 saturated heterocycles. The van der Waals surface area contributed by atoms with Gasteiger partial charge in [-0.15, -0.1) is 11.3 Å². The van der Waals surface area contributed by atoms with E-state index >= 15 is 0 Å². The number of nitrogens with zero attached hydrogens (tertiary/aromatic N) is 2. The summed E-state index contributed by atoms with van der Waals surface area (Å²) in [6.45, 7) is 3.22. The van der Waals surface area contributed by atoms with Crippen molar-refractivity contribution >= 4 is 16.5 Å². The maximum Gasteiger partial charge on any atom is 0.180 e. The van der Waals surface area contributed by atoms with Crippen LogP contribution in [0, 0.1) is 0 Å². The van der Waals surface area contributed by atoms with E-state index in [1.807, 2.05) is 6.20 Å². The van der Waals surface area contributed by atoms with Crippen molar-refractivity contribution in [2.24, 2.45) is 0 Å². The van der Waals surface area contributed by atoms with Gasteiger partial charge in [0.15, 0.2) is 5.13 Å². The third kappa shape index (κ3) is 3.31. The Kier molecular flexibility index (Phi) is 4.33. The van der Waals surface area contributed by atoms with Crippen LogP contribution in [0.25, 0.3) is 0 Å². The summed E-state index contributed by atoms with van der Waals surface area (Å²) in [5.74, 6) is 0. The summed E-state index contributed by atoms with van der Waals surface area (Å²) >= 11 is 1.57. The molecule has 0 aliphatic rings. The number of likely N-dealkylation sites (N-methyl/N-ethyl adjacent to an activating group) is 1. The highest BCUT2D eigenvalue weighted by atomic mass is 32.1. The molecule has 96 valence electrons. The van der Waals surface area contributed by atoms with Gasteiger partial charge in [-0.1, -0.05) is 30.3 Å². The zero-order valence-corrected chi connectivity index (χ0v) is 11.7. The van der Waals surface area contributed by atoms with E-state index in [4.69, 9.17) is 5.73 Å². The second kappa shape index (κ2) is 5.98. The molecule has 0 aliphatic heterocycles. The molecule has 0 aliphatic carbocycles. The lowest BCUT2D eigenvalue weighted by Gasteiger charge is -2.23. The van der Waals surface area contributed by atoms with E-state index in [9.17, 15) is 0 Å². The van der Waals surface area contributed by atoms with Crippen LogP contribution < -0.4 is 5.73 Å². The Hall–Kier alpha value is -1.39. The molecule has 1 unspecified atom stereocenters. The zero-order valence-electron chi connectivity index (χ0n) is 10.8. The van der Waals surface area contributed by atoms with E-state index < -0.39 is 0 Å². The monoisotopic (exact) mass is 261 g/mol. The second-order valence-corrected chi connectivity index (χ2v) is 5.59. The predicted octanol–water partition coefficient (Wildman–Crippen LogP) is 2.96. The average molecular weight is 261 g/mol. The van der Waals surface area contributed by atoms with Gasteiger partial charge in [0.1, 0.15) is 0 Å². The van der Waals surface area contributed by atoms with E-state index in [2.05, 4.69) is 54.2 Å². The summed E-state index contributed by atoms with van der Waals surface area (Å²) in [5.41, 5.74) is 7.05. The fourth-order valence-corrected chi connectivity index (χ4v) is 2.66. The molecule has 0 amide bonds. The number of nitrogen functional groups attached to an aromatic ring is 1. The number of nitrogens with two attached hydrogens (primary N) is 1. The summed E-state index contributed by atoms with van der Waals surface area (Å²) < 4.78 is 0. The lowest BCUT2D eigenvalue weighted by atomic mass is 10.1. The Morgan fingerprint density at radius 1 is 1.33 bits per heavy atom. The first-order chi connectivity index (χ1) is 8.66. The van der Waals surface area contributed by atoms with Gasteiger partial charge in [-0.05, 0) is 26.0 Å². The van der Waals surface area contributed by atoms with Gasteiger partial charge in [0.05, 0.1) is 0 Å². The lowest BCUT2D eigenvalue weighted by molar-refractivity contribution is 0.268. The van der Waals surface area contributed by atoms with Crippen molar-refractivity contribution in [2.75, 3.05) is 19.3 Å². The Morgan fingerprint density at radius 2 is 2.06 bits per heavy atom. The average Bonchev–Trinajstić information content (AvgIpc) is 2.83. The van der Waals surface area contributed by atoms with E-state index in [1.54, 1.807) is 11.3 Å². The minimum absolute atomic E-state index is 0.364. The van der Waals surface area contributed by atoms with Crippen molar-refractivity contribution in [1.82, 2.24) is 9.88 Å². The van der Waals surface area contributed by atoms with Gasteiger partial charge in [0, 0.05) is 23.7 Å². The number of hydrogen-bond donors (Lipinski definition) is 1. The zero-order chi connectivity index (χ0) is 13.0. The SMILES string of the molecule is CC(c1cnc(N)s1)N(C)CCc1ccccc1. The van der Waals surface area contributed by atoms with Gasteiger partial charge in [0.25, 0.3) is 0 Å². The Morgan fingerprint density at radius 3 is 2.67 bits per heavy atom. The van der Waals surface area contributed by atoms with Crippen LogP contribution in [0.15, 0.2) is 36.5 Å². The van der Waals surface area contributed by atoms with Crippen molar-refractivity contribution < 1.29 is 0 Å². The lowest BCUT2D eigenvalue weighted by Crippen LogP contribution is -2.24. The summed E-state index contributed by atoms with van der Waals surface area (Å²) in [4.78, 5) is 7.67. The number of benzene rings is 1. The highest BCUT2D eigenvalue weighted by Crippen LogP contribution is 2.25. The van der Waals surface area contributed by atoms with Crippen LogP contribution >= 0.6 is 11.3 Å². The predicted molar refractivity (Wildman–Crippen MR) is 77.7 cm³/mol. The quantitative estimate of drug-likeness (QED) is 0.899. The maximum absolute atomic E-state index is 5.67.